The second-order valence-corrected chi connectivity index (χ2v) is 7.50. The van der Waals surface area contributed by atoms with E-state index >= 15 is 0 Å². The van der Waals surface area contributed by atoms with Crippen molar-refractivity contribution in [2.45, 2.75) is 65.3 Å². The Morgan fingerprint density at radius 3 is 2.46 bits per heavy atom. The molecule has 2 rings (SSSR count). The molecule has 0 saturated heterocycles. The first-order valence-electron chi connectivity index (χ1n) is 8.80. The van der Waals surface area contributed by atoms with E-state index in [4.69, 9.17) is 0 Å². The first kappa shape index (κ1) is 18.5. The van der Waals surface area contributed by atoms with E-state index in [9.17, 15) is 15.0 Å². The fraction of sp³-hybridized carbons (Fsp3) is 0.550. The average Bonchev–Trinajstić information content (AvgIpc) is 2.86. The van der Waals surface area contributed by atoms with E-state index in [0.717, 1.165) is 47.8 Å². The number of hydrogen-bond donors (Lipinski definition) is 2. The minimum absolute atomic E-state index is 0.139. The van der Waals surface area contributed by atoms with Crippen molar-refractivity contribution < 1.29 is 15.0 Å². The van der Waals surface area contributed by atoms with Gasteiger partial charge in [-0.3, -0.25) is 0 Å². The second kappa shape index (κ2) is 7.39. The van der Waals surface area contributed by atoms with Gasteiger partial charge < -0.3 is 14.8 Å². The summed E-state index contributed by atoms with van der Waals surface area (Å²) in [7, 11) is 0. The van der Waals surface area contributed by atoms with Crippen molar-refractivity contribution in [3.63, 3.8) is 0 Å². The van der Waals surface area contributed by atoms with Crippen molar-refractivity contribution in [1.29, 1.82) is 0 Å². The largest absolute Gasteiger partial charge is 0.478 e. The van der Waals surface area contributed by atoms with E-state index < -0.39 is 5.97 Å². The lowest BCUT2D eigenvalue weighted by molar-refractivity contribution is 0.0697. The summed E-state index contributed by atoms with van der Waals surface area (Å²) in [5.74, 6) is -0.892. The van der Waals surface area contributed by atoms with Crippen molar-refractivity contribution in [3.8, 4) is 0 Å². The number of benzene rings is 1. The van der Waals surface area contributed by atoms with Gasteiger partial charge in [0.1, 0.15) is 0 Å². The fourth-order valence-electron chi connectivity index (χ4n) is 3.18. The number of nitrogens with zero attached hydrogens (tertiary/aromatic N) is 1. The van der Waals surface area contributed by atoms with Gasteiger partial charge in [-0.05, 0) is 47.9 Å². The summed E-state index contributed by atoms with van der Waals surface area (Å²) >= 11 is 0. The maximum Gasteiger partial charge on any atom is 0.335 e. The quantitative estimate of drug-likeness (QED) is 0.792. The molecular weight excluding hydrogens is 302 g/mol. The summed E-state index contributed by atoms with van der Waals surface area (Å²) in [6.07, 6.45) is 5.81. The fourth-order valence-corrected chi connectivity index (χ4v) is 3.18. The van der Waals surface area contributed by atoms with Crippen LogP contribution in [0.2, 0.25) is 0 Å². The maximum atomic E-state index is 11.6. The standard InChI is InChI=1S/C20H29NO3/c1-5-6-9-21-13-14(8-7-10-22)16-11-15(19(23)24)12-17(18(16)21)20(2,3)4/h11-13,22H,5-10H2,1-4H3,(H,23,24). The lowest BCUT2D eigenvalue weighted by Crippen LogP contribution is -2.15. The normalized spacial score (nSPS) is 12.0. The lowest BCUT2D eigenvalue weighted by atomic mass is 9.84. The molecule has 1 heterocycles. The van der Waals surface area contributed by atoms with E-state index in [2.05, 4.69) is 38.5 Å². The third-order valence-electron chi connectivity index (χ3n) is 4.47. The number of carbonyl (C=O) groups is 1. The molecule has 1 aromatic heterocycles. The van der Waals surface area contributed by atoms with Gasteiger partial charge in [0, 0.05) is 24.7 Å². The number of unbranched alkanes of at least 4 members (excludes halogenated alkanes) is 1. The van der Waals surface area contributed by atoms with Crippen molar-refractivity contribution in [1.82, 2.24) is 4.57 Å². The van der Waals surface area contributed by atoms with E-state index in [1.165, 1.54) is 0 Å². The van der Waals surface area contributed by atoms with E-state index in [0.29, 0.717) is 12.0 Å². The summed E-state index contributed by atoms with van der Waals surface area (Å²) in [6, 6.07) is 3.62. The predicted molar refractivity (Wildman–Crippen MR) is 97.9 cm³/mol. The molecule has 1 aromatic carbocycles. The van der Waals surface area contributed by atoms with Crippen LogP contribution in [0.5, 0.6) is 0 Å². The Kier molecular flexibility index (Phi) is 5.70. The van der Waals surface area contributed by atoms with Gasteiger partial charge in [0.25, 0.3) is 0 Å². The Morgan fingerprint density at radius 1 is 1.21 bits per heavy atom. The Hall–Kier alpha value is -1.81. The van der Waals surface area contributed by atoms with Crippen LogP contribution in [0.4, 0.5) is 0 Å². The molecule has 24 heavy (non-hydrogen) atoms. The summed E-state index contributed by atoms with van der Waals surface area (Å²) in [4.78, 5) is 11.6. The van der Waals surface area contributed by atoms with Gasteiger partial charge in [-0.25, -0.2) is 4.79 Å². The van der Waals surface area contributed by atoms with Crippen LogP contribution in [0.15, 0.2) is 18.3 Å². The monoisotopic (exact) mass is 331 g/mol. The highest BCUT2D eigenvalue weighted by atomic mass is 16.4. The number of hydrogen-bond acceptors (Lipinski definition) is 2. The molecular formula is C20H29NO3. The van der Waals surface area contributed by atoms with Crippen LogP contribution in [0, 0.1) is 0 Å². The number of aliphatic hydroxyl groups excluding tert-OH is 1. The predicted octanol–water partition coefficient (Wildman–Crippen LogP) is 4.36. The second-order valence-electron chi connectivity index (χ2n) is 7.50. The smallest absolute Gasteiger partial charge is 0.335 e. The van der Waals surface area contributed by atoms with Gasteiger partial charge in [-0.15, -0.1) is 0 Å². The van der Waals surface area contributed by atoms with E-state index in [1.54, 1.807) is 6.07 Å². The number of fused-ring (bicyclic) bond motifs is 1. The molecule has 0 bridgehead atoms. The highest BCUT2D eigenvalue weighted by Gasteiger charge is 2.23. The zero-order chi connectivity index (χ0) is 17.9. The number of aromatic nitrogens is 1. The summed E-state index contributed by atoms with van der Waals surface area (Å²) < 4.78 is 2.28. The van der Waals surface area contributed by atoms with E-state index in [-0.39, 0.29) is 12.0 Å². The lowest BCUT2D eigenvalue weighted by Gasteiger charge is -2.22. The minimum Gasteiger partial charge on any atom is -0.478 e. The first-order chi connectivity index (χ1) is 11.3. The zero-order valence-electron chi connectivity index (χ0n) is 15.2. The topological polar surface area (TPSA) is 62.5 Å². The number of aryl methyl sites for hydroxylation is 2. The van der Waals surface area contributed by atoms with Crippen LogP contribution >= 0.6 is 0 Å². The maximum absolute atomic E-state index is 11.6. The molecule has 0 saturated carbocycles. The molecule has 0 unspecified atom stereocenters. The highest BCUT2D eigenvalue weighted by Crippen LogP contribution is 2.35. The molecule has 4 heteroatoms. The van der Waals surface area contributed by atoms with Crippen LogP contribution in [0.25, 0.3) is 10.9 Å². The third-order valence-corrected chi connectivity index (χ3v) is 4.47. The molecule has 0 fully saturated rings. The van der Waals surface area contributed by atoms with Crippen LogP contribution in [-0.2, 0) is 18.4 Å². The van der Waals surface area contributed by atoms with Gasteiger partial charge in [0.15, 0.2) is 0 Å². The molecule has 0 radical (unpaired) electrons. The van der Waals surface area contributed by atoms with Crippen LogP contribution in [-0.4, -0.2) is 27.4 Å². The van der Waals surface area contributed by atoms with Crippen LogP contribution in [0.1, 0.15) is 68.4 Å². The average molecular weight is 331 g/mol. The van der Waals surface area contributed by atoms with Crippen LogP contribution < -0.4 is 0 Å². The number of carboxylic acids is 1. The number of rotatable bonds is 7. The molecule has 2 aromatic rings. The summed E-state index contributed by atoms with van der Waals surface area (Å²) in [6.45, 7) is 9.62. The SMILES string of the molecule is CCCCn1cc(CCCO)c2cc(C(=O)O)cc(C(C)(C)C)c21. The summed E-state index contributed by atoms with van der Waals surface area (Å²) in [5, 5.41) is 19.7. The zero-order valence-corrected chi connectivity index (χ0v) is 15.2. The van der Waals surface area contributed by atoms with Gasteiger partial charge in [0.05, 0.1) is 11.1 Å². The minimum atomic E-state index is -0.892. The molecule has 0 aliphatic carbocycles. The van der Waals surface area contributed by atoms with Gasteiger partial charge >= 0.3 is 5.97 Å². The Balaban J connectivity index is 2.75. The first-order valence-corrected chi connectivity index (χ1v) is 8.80. The van der Waals surface area contributed by atoms with Crippen molar-refractivity contribution in [3.05, 3.63) is 35.0 Å². The van der Waals surface area contributed by atoms with Gasteiger partial charge in [-0.1, -0.05) is 34.1 Å². The van der Waals surface area contributed by atoms with Gasteiger partial charge in [0.2, 0.25) is 0 Å². The third kappa shape index (κ3) is 3.81. The molecule has 0 spiro atoms. The Morgan fingerprint density at radius 2 is 1.92 bits per heavy atom. The molecule has 0 amide bonds. The Bertz CT molecular complexity index is 723. The molecule has 0 aliphatic rings. The van der Waals surface area contributed by atoms with Crippen molar-refractivity contribution in [2.75, 3.05) is 6.61 Å². The number of aliphatic hydroxyl groups is 1. The Labute approximate surface area is 144 Å². The van der Waals surface area contributed by atoms with Crippen molar-refractivity contribution >= 4 is 16.9 Å². The molecule has 4 nitrogen and oxygen atoms in total. The number of carboxylic acid groups (broad SMARTS) is 1. The van der Waals surface area contributed by atoms with E-state index in [1.807, 2.05) is 6.07 Å². The van der Waals surface area contributed by atoms with Crippen LogP contribution in [0.3, 0.4) is 0 Å². The highest BCUT2D eigenvalue weighted by molar-refractivity contribution is 5.97. The molecule has 132 valence electrons. The van der Waals surface area contributed by atoms with Gasteiger partial charge in [-0.2, -0.15) is 0 Å². The summed E-state index contributed by atoms with van der Waals surface area (Å²) in [5.41, 5.74) is 3.55. The molecule has 0 aliphatic heterocycles. The van der Waals surface area contributed by atoms with Crippen molar-refractivity contribution in [2.24, 2.45) is 0 Å². The molecule has 2 N–H and O–H groups in total. The molecule has 0 atom stereocenters. The number of aromatic carboxylic acids is 1.